The van der Waals surface area contributed by atoms with Gasteiger partial charge in [-0.3, -0.25) is 4.79 Å². The Bertz CT molecular complexity index is 426. The highest BCUT2D eigenvalue weighted by atomic mass is 19.1. The Morgan fingerprint density at radius 1 is 1.22 bits per heavy atom. The number of carbonyl (C=O) groups is 1. The summed E-state index contributed by atoms with van der Waals surface area (Å²) in [6.45, 7) is 0. The summed E-state index contributed by atoms with van der Waals surface area (Å²) < 4.78 is 13.5. The van der Waals surface area contributed by atoms with E-state index in [1.807, 2.05) is 0 Å². The summed E-state index contributed by atoms with van der Waals surface area (Å²) in [5.41, 5.74) is -0.00273. The maximum absolute atomic E-state index is 13.5. The highest BCUT2D eigenvalue weighted by Gasteiger charge is 2.18. The van der Waals surface area contributed by atoms with Gasteiger partial charge < -0.3 is 10.4 Å². The third-order valence-corrected chi connectivity index (χ3v) is 3.39. The number of amides is 1. The fourth-order valence-electron chi connectivity index (χ4n) is 2.38. The van der Waals surface area contributed by atoms with Gasteiger partial charge in [0.15, 0.2) is 0 Å². The molecule has 1 saturated carbocycles. The Balaban J connectivity index is 2.02. The molecule has 0 spiro atoms. The molecule has 1 aromatic carbocycles. The molecule has 98 valence electrons. The Morgan fingerprint density at radius 2 is 1.89 bits per heavy atom. The maximum atomic E-state index is 13.5. The summed E-state index contributed by atoms with van der Waals surface area (Å²) in [5.74, 6) is -1.24. The first kappa shape index (κ1) is 12.9. The number of hydrogen-bond acceptors (Lipinski definition) is 2. The number of rotatable bonds is 2. The molecular formula is C14H18FNO2. The van der Waals surface area contributed by atoms with Crippen LogP contribution < -0.4 is 5.32 Å². The molecule has 0 aromatic heterocycles. The van der Waals surface area contributed by atoms with Gasteiger partial charge in [0.25, 0.3) is 5.91 Å². The zero-order valence-corrected chi connectivity index (χ0v) is 10.3. The van der Waals surface area contributed by atoms with Gasteiger partial charge in [-0.25, -0.2) is 4.39 Å². The molecule has 0 aliphatic heterocycles. The van der Waals surface area contributed by atoms with Crippen molar-refractivity contribution in [3.05, 3.63) is 29.6 Å². The second-order valence-corrected chi connectivity index (χ2v) is 4.83. The number of carbonyl (C=O) groups excluding carboxylic acids is 1. The van der Waals surface area contributed by atoms with Crippen molar-refractivity contribution in [1.29, 1.82) is 0 Å². The highest BCUT2D eigenvalue weighted by Crippen LogP contribution is 2.19. The smallest absolute Gasteiger partial charge is 0.254 e. The average molecular weight is 251 g/mol. The van der Waals surface area contributed by atoms with Crippen molar-refractivity contribution in [2.75, 3.05) is 0 Å². The lowest BCUT2D eigenvalue weighted by Crippen LogP contribution is -2.34. The quantitative estimate of drug-likeness (QED) is 0.794. The van der Waals surface area contributed by atoms with Gasteiger partial charge in [0, 0.05) is 12.1 Å². The van der Waals surface area contributed by atoms with Crippen molar-refractivity contribution in [2.24, 2.45) is 0 Å². The van der Waals surface area contributed by atoms with Crippen molar-refractivity contribution in [1.82, 2.24) is 5.32 Å². The van der Waals surface area contributed by atoms with Crippen LogP contribution in [0.15, 0.2) is 18.2 Å². The largest absolute Gasteiger partial charge is 0.508 e. The zero-order valence-electron chi connectivity index (χ0n) is 10.3. The molecule has 2 rings (SSSR count). The average Bonchev–Trinajstić information content (AvgIpc) is 2.57. The molecule has 1 aliphatic rings. The lowest BCUT2D eigenvalue weighted by molar-refractivity contribution is 0.0929. The number of phenols is 1. The Hall–Kier alpha value is -1.58. The second-order valence-electron chi connectivity index (χ2n) is 4.83. The minimum absolute atomic E-state index is 0.00273. The Labute approximate surface area is 106 Å². The summed E-state index contributed by atoms with van der Waals surface area (Å²) >= 11 is 0. The van der Waals surface area contributed by atoms with Gasteiger partial charge >= 0.3 is 0 Å². The fourth-order valence-corrected chi connectivity index (χ4v) is 2.38. The van der Waals surface area contributed by atoms with Gasteiger partial charge in [0.05, 0.1) is 5.56 Å². The van der Waals surface area contributed by atoms with Crippen LogP contribution in [0, 0.1) is 5.82 Å². The number of benzene rings is 1. The lowest BCUT2D eigenvalue weighted by atomic mass is 10.1. The van der Waals surface area contributed by atoms with Crippen LogP contribution >= 0.6 is 0 Å². The maximum Gasteiger partial charge on any atom is 0.254 e. The van der Waals surface area contributed by atoms with Crippen molar-refractivity contribution in [3.63, 3.8) is 0 Å². The topological polar surface area (TPSA) is 49.3 Å². The van der Waals surface area contributed by atoms with Crippen molar-refractivity contribution >= 4 is 5.91 Å². The molecule has 0 bridgehead atoms. The minimum atomic E-state index is -0.680. The Morgan fingerprint density at radius 3 is 2.50 bits per heavy atom. The molecule has 0 atom stereocenters. The highest BCUT2D eigenvalue weighted by molar-refractivity contribution is 5.94. The summed E-state index contributed by atoms with van der Waals surface area (Å²) in [6.07, 6.45) is 6.57. The fraction of sp³-hybridized carbons (Fsp3) is 0.500. The van der Waals surface area contributed by atoms with Crippen LogP contribution in [0.25, 0.3) is 0 Å². The van der Waals surface area contributed by atoms with Crippen LogP contribution in [-0.4, -0.2) is 17.1 Å². The molecule has 0 radical (unpaired) electrons. The van der Waals surface area contributed by atoms with Crippen LogP contribution in [0.3, 0.4) is 0 Å². The van der Waals surface area contributed by atoms with E-state index < -0.39 is 5.82 Å². The second kappa shape index (κ2) is 5.85. The summed E-state index contributed by atoms with van der Waals surface area (Å²) in [5, 5.41) is 12.0. The van der Waals surface area contributed by atoms with E-state index in [0.717, 1.165) is 31.7 Å². The predicted molar refractivity (Wildman–Crippen MR) is 67.0 cm³/mol. The van der Waals surface area contributed by atoms with E-state index in [-0.39, 0.29) is 23.3 Å². The standard InChI is InChI=1S/C14H18FNO2/c15-13-9-11(17)7-8-12(13)14(18)16-10-5-3-1-2-4-6-10/h7-10,17H,1-6H2,(H,16,18). The molecule has 3 nitrogen and oxygen atoms in total. The molecule has 4 heteroatoms. The van der Waals surface area contributed by atoms with Crippen LogP contribution in [-0.2, 0) is 0 Å². The first-order valence-electron chi connectivity index (χ1n) is 6.46. The third-order valence-electron chi connectivity index (χ3n) is 3.39. The molecule has 2 N–H and O–H groups in total. The van der Waals surface area contributed by atoms with E-state index in [2.05, 4.69) is 5.32 Å². The number of aromatic hydroxyl groups is 1. The number of halogens is 1. The Kier molecular flexibility index (Phi) is 4.18. The third kappa shape index (κ3) is 3.22. The van der Waals surface area contributed by atoms with E-state index in [9.17, 15) is 9.18 Å². The zero-order chi connectivity index (χ0) is 13.0. The van der Waals surface area contributed by atoms with Crippen LogP contribution in [0.2, 0.25) is 0 Å². The van der Waals surface area contributed by atoms with Gasteiger partial charge in [-0.1, -0.05) is 25.7 Å². The van der Waals surface area contributed by atoms with E-state index in [1.165, 1.54) is 25.0 Å². The van der Waals surface area contributed by atoms with Crippen LogP contribution in [0.4, 0.5) is 4.39 Å². The van der Waals surface area contributed by atoms with Crippen LogP contribution in [0.5, 0.6) is 5.75 Å². The van der Waals surface area contributed by atoms with Gasteiger partial charge in [-0.15, -0.1) is 0 Å². The predicted octanol–water partition coefficient (Wildman–Crippen LogP) is 2.98. The molecule has 1 aliphatic carbocycles. The number of phenolic OH excluding ortho intramolecular Hbond substituents is 1. The van der Waals surface area contributed by atoms with E-state index in [0.29, 0.717) is 0 Å². The van der Waals surface area contributed by atoms with Gasteiger partial charge in [-0.05, 0) is 25.0 Å². The van der Waals surface area contributed by atoms with Crippen LogP contribution in [0.1, 0.15) is 48.9 Å². The van der Waals surface area contributed by atoms with Crippen molar-refractivity contribution < 1.29 is 14.3 Å². The van der Waals surface area contributed by atoms with Gasteiger partial charge in [0.2, 0.25) is 0 Å². The van der Waals surface area contributed by atoms with Gasteiger partial charge in [0.1, 0.15) is 11.6 Å². The first-order chi connectivity index (χ1) is 8.66. The number of nitrogens with one attached hydrogen (secondary N) is 1. The monoisotopic (exact) mass is 251 g/mol. The van der Waals surface area contributed by atoms with E-state index in [1.54, 1.807) is 0 Å². The molecule has 0 heterocycles. The van der Waals surface area contributed by atoms with E-state index >= 15 is 0 Å². The SMILES string of the molecule is O=C(NC1CCCCCC1)c1ccc(O)cc1F. The normalized spacial score (nSPS) is 17.2. The molecule has 1 aromatic rings. The summed E-state index contributed by atoms with van der Waals surface area (Å²) in [7, 11) is 0. The molecule has 1 amide bonds. The molecule has 18 heavy (non-hydrogen) atoms. The van der Waals surface area contributed by atoms with E-state index in [4.69, 9.17) is 5.11 Å². The van der Waals surface area contributed by atoms with Crippen molar-refractivity contribution in [2.45, 2.75) is 44.6 Å². The molecule has 0 saturated heterocycles. The summed E-state index contributed by atoms with van der Waals surface area (Å²) in [4.78, 5) is 11.9. The molecule has 0 unspecified atom stereocenters. The molecular weight excluding hydrogens is 233 g/mol. The lowest BCUT2D eigenvalue weighted by Gasteiger charge is -2.16. The molecule has 1 fully saturated rings. The number of hydrogen-bond donors (Lipinski definition) is 2. The van der Waals surface area contributed by atoms with Gasteiger partial charge in [-0.2, -0.15) is 0 Å². The summed E-state index contributed by atoms with van der Waals surface area (Å²) in [6, 6.07) is 3.75. The minimum Gasteiger partial charge on any atom is -0.508 e. The van der Waals surface area contributed by atoms with Crippen molar-refractivity contribution in [3.8, 4) is 5.75 Å². The first-order valence-corrected chi connectivity index (χ1v) is 6.46.